The van der Waals surface area contributed by atoms with Crippen molar-refractivity contribution in [2.75, 3.05) is 20.1 Å². The summed E-state index contributed by atoms with van der Waals surface area (Å²) in [5.41, 5.74) is 1.31. The van der Waals surface area contributed by atoms with Crippen LogP contribution in [0.4, 0.5) is 0 Å². The molecule has 4 rings (SSSR count). The summed E-state index contributed by atoms with van der Waals surface area (Å²) >= 11 is 0. The molecular weight excluding hydrogens is 268 g/mol. The number of amides is 1. The molecule has 1 saturated heterocycles. The molecule has 2 aliphatic heterocycles. The molecule has 1 atom stereocenters. The maximum Gasteiger partial charge on any atom is 0.259 e. The monoisotopic (exact) mass is 282 g/mol. The Bertz CT molecular complexity index is 820. The molecule has 4 heterocycles. The van der Waals surface area contributed by atoms with Gasteiger partial charge in [0.05, 0.1) is 18.2 Å². The molecule has 21 heavy (non-hydrogen) atoms. The third-order valence-electron chi connectivity index (χ3n) is 3.95. The number of aromatic nitrogens is 4. The number of hydrogen-bond donors (Lipinski definition) is 0. The summed E-state index contributed by atoms with van der Waals surface area (Å²) in [4.78, 5) is 26.4. The Morgan fingerprint density at radius 1 is 1.29 bits per heavy atom. The van der Waals surface area contributed by atoms with Crippen molar-refractivity contribution < 1.29 is 4.79 Å². The van der Waals surface area contributed by atoms with Crippen LogP contribution in [0, 0.1) is 0 Å². The minimum Gasteiger partial charge on any atom is -0.302 e. The van der Waals surface area contributed by atoms with Gasteiger partial charge in [-0.3, -0.25) is 9.48 Å². The van der Waals surface area contributed by atoms with Crippen LogP contribution in [0.5, 0.6) is 0 Å². The Kier molecular flexibility index (Phi) is 2.68. The van der Waals surface area contributed by atoms with Crippen molar-refractivity contribution in [3.63, 3.8) is 0 Å². The maximum absolute atomic E-state index is 12.2. The highest BCUT2D eigenvalue weighted by Crippen LogP contribution is 2.23. The quantitative estimate of drug-likeness (QED) is 0.697. The molecule has 2 aromatic heterocycles. The number of hydrogen-bond acceptors (Lipinski definition) is 5. The van der Waals surface area contributed by atoms with Crippen molar-refractivity contribution >= 4 is 12.0 Å². The molecule has 0 spiro atoms. The van der Waals surface area contributed by atoms with E-state index in [0.717, 1.165) is 23.9 Å². The largest absolute Gasteiger partial charge is 0.302 e. The highest BCUT2D eigenvalue weighted by Gasteiger charge is 2.28. The second-order valence-electron chi connectivity index (χ2n) is 5.52. The van der Waals surface area contributed by atoms with Crippen LogP contribution >= 0.6 is 0 Å². The van der Waals surface area contributed by atoms with Gasteiger partial charge in [-0.05, 0) is 7.05 Å². The van der Waals surface area contributed by atoms with E-state index in [0.29, 0.717) is 11.5 Å². The lowest BCUT2D eigenvalue weighted by molar-refractivity contribution is -0.118. The van der Waals surface area contributed by atoms with Crippen molar-refractivity contribution in [3.05, 3.63) is 41.2 Å². The molecule has 0 bridgehead atoms. The summed E-state index contributed by atoms with van der Waals surface area (Å²) in [7, 11) is 2.08. The van der Waals surface area contributed by atoms with Gasteiger partial charge in [-0.25, -0.2) is 9.97 Å². The molecule has 0 radical (unpaired) electrons. The number of fused-ring (bicyclic) bond motifs is 1. The average Bonchev–Trinajstić information content (AvgIpc) is 2.92. The fraction of sp³-hybridized carbons (Fsp3) is 0.357. The van der Waals surface area contributed by atoms with E-state index >= 15 is 0 Å². The molecule has 2 aliphatic rings. The molecule has 1 fully saturated rings. The molecule has 0 aliphatic carbocycles. The van der Waals surface area contributed by atoms with Crippen LogP contribution in [-0.2, 0) is 4.79 Å². The number of carbonyl (C=O) groups excluding carboxylic acids is 1. The Balaban J connectivity index is 1.68. The summed E-state index contributed by atoms with van der Waals surface area (Å²) in [6, 6.07) is 0.398. The first-order valence-electron chi connectivity index (χ1n) is 6.84. The van der Waals surface area contributed by atoms with E-state index in [4.69, 9.17) is 0 Å². The Labute approximate surface area is 120 Å². The topological polar surface area (TPSA) is 76.3 Å². The maximum atomic E-state index is 12.2. The number of nitrogens with zero attached hydrogens (tertiary/aromatic N) is 6. The van der Waals surface area contributed by atoms with Crippen molar-refractivity contribution in [1.29, 1.82) is 0 Å². The first-order valence-corrected chi connectivity index (χ1v) is 6.84. The smallest absolute Gasteiger partial charge is 0.259 e. The third kappa shape index (κ3) is 2.06. The minimum absolute atomic E-state index is 0.202. The summed E-state index contributed by atoms with van der Waals surface area (Å²) in [6.07, 6.45) is 8.63. The summed E-state index contributed by atoms with van der Waals surface area (Å²) < 4.78 is 1.94. The zero-order valence-corrected chi connectivity index (χ0v) is 11.5. The SMILES string of the molecule is CN1CC(n2cc(C3C=c4cncnc4=NC3=O)cn2)C1. The van der Waals surface area contributed by atoms with Crippen LogP contribution in [-0.4, -0.2) is 50.7 Å². The summed E-state index contributed by atoms with van der Waals surface area (Å²) in [5.74, 6) is -0.596. The predicted octanol–water partition coefficient (Wildman–Crippen LogP) is -1.12. The van der Waals surface area contributed by atoms with Crippen LogP contribution in [0.25, 0.3) is 6.08 Å². The van der Waals surface area contributed by atoms with Crippen molar-refractivity contribution in [2.45, 2.75) is 12.0 Å². The summed E-state index contributed by atoms with van der Waals surface area (Å²) in [5, 5.41) is 5.17. The van der Waals surface area contributed by atoms with E-state index in [1.54, 1.807) is 12.4 Å². The van der Waals surface area contributed by atoms with Crippen LogP contribution in [0.1, 0.15) is 17.5 Å². The second-order valence-corrected chi connectivity index (χ2v) is 5.52. The number of carbonyl (C=O) groups is 1. The standard InChI is InChI=1S/C14H14N6O/c1-19-6-11(7-19)20-5-10(4-17-20)12-2-9-3-15-8-16-13(9)18-14(12)21/h2-5,8,11-12H,6-7H2,1H3. The van der Waals surface area contributed by atoms with E-state index in [1.807, 2.05) is 17.0 Å². The highest BCUT2D eigenvalue weighted by atomic mass is 16.1. The fourth-order valence-electron chi connectivity index (χ4n) is 2.75. The molecule has 2 aromatic rings. The second kappa shape index (κ2) is 4.56. The normalized spacial score (nSPS) is 22.1. The lowest BCUT2D eigenvalue weighted by Crippen LogP contribution is -2.45. The van der Waals surface area contributed by atoms with E-state index in [2.05, 4.69) is 32.0 Å². The molecule has 0 N–H and O–H groups in total. The van der Waals surface area contributed by atoms with Gasteiger partial charge in [0.2, 0.25) is 0 Å². The Hall–Kier alpha value is -2.41. The van der Waals surface area contributed by atoms with Crippen LogP contribution in [0.2, 0.25) is 0 Å². The van der Waals surface area contributed by atoms with Crippen molar-refractivity contribution in [3.8, 4) is 0 Å². The number of rotatable bonds is 2. The van der Waals surface area contributed by atoms with E-state index in [1.165, 1.54) is 6.33 Å². The van der Waals surface area contributed by atoms with Gasteiger partial charge >= 0.3 is 0 Å². The molecule has 1 amide bonds. The number of likely N-dealkylation sites (tertiary alicyclic amines) is 1. The predicted molar refractivity (Wildman–Crippen MR) is 73.8 cm³/mol. The molecule has 106 valence electrons. The van der Waals surface area contributed by atoms with Gasteiger partial charge < -0.3 is 4.90 Å². The van der Waals surface area contributed by atoms with Gasteiger partial charge in [0.1, 0.15) is 6.33 Å². The van der Waals surface area contributed by atoms with Gasteiger partial charge in [0.15, 0.2) is 5.49 Å². The first-order chi connectivity index (χ1) is 10.2. The van der Waals surface area contributed by atoms with Gasteiger partial charge in [0.25, 0.3) is 5.91 Å². The van der Waals surface area contributed by atoms with Gasteiger partial charge in [-0.15, -0.1) is 0 Å². The van der Waals surface area contributed by atoms with Crippen molar-refractivity contribution in [2.24, 2.45) is 4.99 Å². The number of likely N-dealkylation sites (N-methyl/N-ethyl adjacent to an activating group) is 1. The van der Waals surface area contributed by atoms with Crippen molar-refractivity contribution in [1.82, 2.24) is 24.6 Å². The highest BCUT2D eigenvalue weighted by molar-refractivity contribution is 5.91. The zero-order valence-electron chi connectivity index (χ0n) is 11.5. The van der Waals surface area contributed by atoms with E-state index in [-0.39, 0.29) is 5.91 Å². The summed E-state index contributed by atoms with van der Waals surface area (Å²) in [6.45, 7) is 1.98. The fourth-order valence-corrected chi connectivity index (χ4v) is 2.75. The first kappa shape index (κ1) is 12.3. The van der Waals surface area contributed by atoms with Crippen LogP contribution in [0.15, 0.2) is 29.9 Å². The molecule has 1 unspecified atom stereocenters. The average molecular weight is 282 g/mol. The minimum atomic E-state index is -0.393. The van der Waals surface area contributed by atoms with Crippen LogP contribution in [0.3, 0.4) is 0 Å². The lowest BCUT2D eigenvalue weighted by atomic mass is 9.99. The van der Waals surface area contributed by atoms with Gasteiger partial charge in [0, 0.05) is 36.3 Å². The van der Waals surface area contributed by atoms with Gasteiger partial charge in [-0.1, -0.05) is 6.08 Å². The Morgan fingerprint density at radius 3 is 2.95 bits per heavy atom. The van der Waals surface area contributed by atoms with E-state index < -0.39 is 5.92 Å². The van der Waals surface area contributed by atoms with Crippen LogP contribution < -0.4 is 10.7 Å². The third-order valence-corrected chi connectivity index (χ3v) is 3.95. The zero-order chi connectivity index (χ0) is 14.4. The van der Waals surface area contributed by atoms with Gasteiger partial charge in [-0.2, -0.15) is 10.1 Å². The molecule has 0 aromatic carbocycles. The Morgan fingerprint density at radius 2 is 2.14 bits per heavy atom. The lowest BCUT2D eigenvalue weighted by Gasteiger charge is -2.36. The molecule has 7 heteroatoms. The molecular formula is C14H14N6O. The molecule has 0 saturated carbocycles. The van der Waals surface area contributed by atoms with E-state index in [9.17, 15) is 4.79 Å². The molecule has 7 nitrogen and oxygen atoms in total.